The molecule has 0 atom stereocenters. The minimum Gasteiger partial charge on any atom is -0.352 e. The number of nitrogens with one attached hydrogen (secondary N) is 1. The van der Waals surface area contributed by atoms with E-state index in [-0.39, 0.29) is 6.29 Å². The van der Waals surface area contributed by atoms with Gasteiger partial charge in [0.1, 0.15) is 6.33 Å². The Morgan fingerprint density at radius 1 is 1.35 bits per heavy atom. The number of ether oxygens (including phenoxy) is 2. The zero-order chi connectivity index (χ0) is 12.5. The Bertz CT molecular complexity index is 297. The summed E-state index contributed by atoms with van der Waals surface area (Å²) in [6.45, 7) is 6.76. The first-order valence-corrected chi connectivity index (χ1v) is 6.04. The highest BCUT2D eigenvalue weighted by Crippen LogP contribution is 1.94. The summed E-state index contributed by atoms with van der Waals surface area (Å²) >= 11 is 0. The fourth-order valence-corrected chi connectivity index (χ4v) is 1.46. The maximum Gasteiger partial charge on any atom is 0.169 e. The first-order chi connectivity index (χ1) is 8.26. The summed E-state index contributed by atoms with van der Waals surface area (Å²) in [7, 11) is 1.87. The number of hydrogen-bond acceptors (Lipinski definition) is 5. The lowest BCUT2D eigenvalue weighted by Gasteiger charge is -2.17. The summed E-state index contributed by atoms with van der Waals surface area (Å²) in [6.07, 6.45) is 2.35. The zero-order valence-electron chi connectivity index (χ0n) is 10.8. The van der Waals surface area contributed by atoms with Gasteiger partial charge in [0.05, 0.1) is 0 Å². The second kappa shape index (κ2) is 8.16. The van der Waals surface area contributed by atoms with Gasteiger partial charge in [-0.05, 0) is 13.8 Å². The van der Waals surface area contributed by atoms with Gasteiger partial charge in [0.2, 0.25) is 0 Å². The van der Waals surface area contributed by atoms with E-state index in [4.69, 9.17) is 9.47 Å². The Hall–Kier alpha value is -0.980. The molecule has 98 valence electrons. The zero-order valence-corrected chi connectivity index (χ0v) is 10.8. The van der Waals surface area contributed by atoms with Crippen molar-refractivity contribution in [1.29, 1.82) is 0 Å². The molecule has 1 aromatic heterocycles. The van der Waals surface area contributed by atoms with E-state index < -0.39 is 0 Å². The van der Waals surface area contributed by atoms with Crippen LogP contribution in [0.25, 0.3) is 0 Å². The lowest BCUT2D eigenvalue weighted by molar-refractivity contribution is -0.132. The van der Waals surface area contributed by atoms with Gasteiger partial charge in [0.15, 0.2) is 12.1 Å². The number of hydrogen-bond donors (Lipinski definition) is 1. The van der Waals surface area contributed by atoms with Gasteiger partial charge >= 0.3 is 0 Å². The number of nitrogens with zero attached hydrogens (tertiary/aromatic N) is 3. The molecule has 0 bridgehead atoms. The van der Waals surface area contributed by atoms with Crippen LogP contribution < -0.4 is 5.32 Å². The van der Waals surface area contributed by atoms with Crippen LogP contribution in [-0.4, -0.2) is 47.4 Å². The second-order valence-electron chi connectivity index (χ2n) is 3.63. The van der Waals surface area contributed by atoms with E-state index in [0.717, 1.165) is 18.8 Å². The van der Waals surface area contributed by atoms with E-state index in [1.165, 1.54) is 0 Å². The van der Waals surface area contributed by atoms with Gasteiger partial charge in [0.25, 0.3) is 0 Å². The van der Waals surface area contributed by atoms with Crippen molar-refractivity contribution in [2.45, 2.75) is 26.6 Å². The monoisotopic (exact) mass is 242 g/mol. The normalized spacial score (nSPS) is 11.3. The van der Waals surface area contributed by atoms with E-state index in [1.54, 1.807) is 11.0 Å². The van der Waals surface area contributed by atoms with Gasteiger partial charge < -0.3 is 14.8 Å². The van der Waals surface area contributed by atoms with Crippen LogP contribution >= 0.6 is 0 Å². The number of aryl methyl sites for hydroxylation is 1. The third-order valence-corrected chi connectivity index (χ3v) is 2.19. The molecule has 6 nitrogen and oxygen atoms in total. The first-order valence-electron chi connectivity index (χ1n) is 6.04. The van der Waals surface area contributed by atoms with Crippen molar-refractivity contribution < 1.29 is 9.47 Å². The van der Waals surface area contributed by atoms with Crippen LogP contribution in [-0.2, 0) is 22.9 Å². The highest BCUT2D eigenvalue weighted by Gasteiger charge is 2.06. The number of rotatable bonds is 9. The Labute approximate surface area is 102 Å². The molecule has 0 saturated carbocycles. The molecule has 1 aromatic rings. The quantitative estimate of drug-likeness (QED) is 0.500. The van der Waals surface area contributed by atoms with E-state index in [1.807, 2.05) is 20.9 Å². The summed E-state index contributed by atoms with van der Waals surface area (Å²) in [5.41, 5.74) is 0. The Kier molecular flexibility index (Phi) is 6.76. The van der Waals surface area contributed by atoms with Crippen molar-refractivity contribution >= 4 is 0 Å². The standard InChI is InChI=1S/C11H22N4O2/c1-4-16-11(17-5-2)8-12-7-6-10-13-9-15(3)14-10/h9,11-12H,4-8H2,1-3H3. The molecule has 0 saturated heterocycles. The van der Waals surface area contributed by atoms with E-state index in [0.29, 0.717) is 19.8 Å². The molecule has 0 aliphatic heterocycles. The number of aromatic nitrogens is 3. The van der Waals surface area contributed by atoms with Crippen molar-refractivity contribution in [2.75, 3.05) is 26.3 Å². The third-order valence-electron chi connectivity index (χ3n) is 2.19. The lowest BCUT2D eigenvalue weighted by atomic mass is 10.4. The van der Waals surface area contributed by atoms with Gasteiger partial charge in [-0.1, -0.05) is 0 Å². The molecule has 17 heavy (non-hydrogen) atoms. The first kappa shape index (κ1) is 14.1. The van der Waals surface area contributed by atoms with E-state index in [2.05, 4.69) is 15.4 Å². The molecule has 1 rings (SSSR count). The molecular formula is C11H22N4O2. The van der Waals surface area contributed by atoms with Crippen LogP contribution in [0, 0.1) is 0 Å². The molecule has 0 aromatic carbocycles. The Morgan fingerprint density at radius 3 is 2.59 bits per heavy atom. The molecule has 1 heterocycles. The van der Waals surface area contributed by atoms with Gasteiger partial charge in [-0.3, -0.25) is 4.68 Å². The molecule has 0 radical (unpaired) electrons. The third kappa shape index (κ3) is 5.76. The fourth-order valence-electron chi connectivity index (χ4n) is 1.46. The van der Waals surface area contributed by atoms with Crippen LogP contribution in [0.2, 0.25) is 0 Å². The topological polar surface area (TPSA) is 61.2 Å². The molecule has 0 fully saturated rings. The summed E-state index contributed by atoms with van der Waals surface area (Å²) < 4.78 is 12.5. The predicted octanol–water partition coefficient (Wildman–Crippen LogP) is 0.346. The average molecular weight is 242 g/mol. The van der Waals surface area contributed by atoms with Crippen molar-refractivity contribution in [1.82, 2.24) is 20.1 Å². The van der Waals surface area contributed by atoms with Crippen LogP contribution in [0.15, 0.2) is 6.33 Å². The van der Waals surface area contributed by atoms with E-state index in [9.17, 15) is 0 Å². The second-order valence-corrected chi connectivity index (χ2v) is 3.63. The summed E-state index contributed by atoms with van der Waals surface area (Å²) in [4.78, 5) is 4.15. The minimum absolute atomic E-state index is 0.165. The predicted molar refractivity (Wildman–Crippen MR) is 64.6 cm³/mol. The van der Waals surface area contributed by atoms with Crippen molar-refractivity contribution in [3.05, 3.63) is 12.2 Å². The van der Waals surface area contributed by atoms with Gasteiger partial charge in [-0.2, -0.15) is 5.10 Å². The van der Waals surface area contributed by atoms with Gasteiger partial charge in [-0.25, -0.2) is 4.98 Å². The van der Waals surface area contributed by atoms with Crippen LogP contribution in [0.5, 0.6) is 0 Å². The molecule has 0 aliphatic carbocycles. The maximum absolute atomic E-state index is 5.42. The molecular weight excluding hydrogens is 220 g/mol. The molecule has 0 aliphatic rings. The SMILES string of the molecule is CCOC(CNCCc1ncn(C)n1)OCC. The smallest absolute Gasteiger partial charge is 0.169 e. The average Bonchev–Trinajstić information content (AvgIpc) is 2.71. The van der Waals surface area contributed by atoms with E-state index >= 15 is 0 Å². The fraction of sp³-hybridized carbons (Fsp3) is 0.818. The van der Waals surface area contributed by atoms with Crippen molar-refractivity contribution in [3.63, 3.8) is 0 Å². The molecule has 0 unspecified atom stereocenters. The van der Waals surface area contributed by atoms with Crippen molar-refractivity contribution in [2.24, 2.45) is 7.05 Å². The maximum atomic E-state index is 5.42. The summed E-state index contributed by atoms with van der Waals surface area (Å²) in [6, 6.07) is 0. The largest absolute Gasteiger partial charge is 0.352 e. The van der Waals surface area contributed by atoms with Crippen molar-refractivity contribution in [3.8, 4) is 0 Å². The Balaban J connectivity index is 2.13. The highest BCUT2D eigenvalue weighted by molar-refractivity contribution is 4.81. The van der Waals surface area contributed by atoms with Gasteiger partial charge in [0, 0.05) is 39.8 Å². The summed E-state index contributed by atoms with van der Waals surface area (Å²) in [5.74, 6) is 0.851. The molecule has 0 spiro atoms. The van der Waals surface area contributed by atoms with Crippen LogP contribution in [0.3, 0.4) is 0 Å². The molecule has 0 amide bonds. The highest BCUT2D eigenvalue weighted by atomic mass is 16.7. The molecule has 1 N–H and O–H groups in total. The minimum atomic E-state index is -0.165. The lowest BCUT2D eigenvalue weighted by Crippen LogP contribution is -2.32. The van der Waals surface area contributed by atoms with Gasteiger partial charge in [-0.15, -0.1) is 0 Å². The summed E-state index contributed by atoms with van der Waals surface area (Å²) in [5, 5.41) is 7.48. The Morgan fingerprint density at radius 2 is 2.06 bits per heavy atom. The van der Waals surface area contributed by atoms with Crippen LogP contribution in [0.1, 0.15) is 19.7 Å². The molecule has 6 heteroatoms. The van der Waals surface area contributed by atoms with Crippen LogP contribution in [0.4, 0.5) is 0 Å².